The van der Waals surface area contributed by atoms with Crippen LogP contribution in [0.25, 0.3) is 0 Å². The van der Waals surface area contributed by atoms with Gasteiger partial charge in [-0.15, -0.1) is 0 Å². The lowest BCUT2D eigenvalue weighted by molar-refractivity contribution is 0.0684. The molecule has 1 unspecified atom stereocenters. The third-order valence-corrected chi connectivity index (χ3v) is 4.89. The van der Waals surface area contributed by atoms with Crippen LogP contribution in [0.5, 0.6) is 0 Å². The number of nitrogens with one attached hydrogen (secondary N) is 2. The number of imidazole rings is 1. The van der Waals surface area contributed by atoms with Crippen molar-refractivity contribution in [2.75, 3.05) is 6.54 Å². The number of carbonyl (C=O) groups is 1. The summed E-state index contributed by atoms with van der Waals surface area (Å²) in [6.07, 6.45) is 5.32. The molecule has 0 aromatic carbocycles. The first-order chi connectivity index (χ1) is 13.4. The number of carbonyl (C=O) groups excluding carboxylic acids is 1. The molecule has 1 atom stereocenters. The van der Waals surface area contributed by atoms with Gasteiger partial charge in [0.05, 0.1) is 17.7 Å². The third kappa shape index (κ3) is 3.11. The quantitative estimate of drug-likeness (QED) is 0.709. The van der Waals surface area contributed by atoms with Crippen LogP contribution in [-0.2, 0) is 11.8 Å². The number of aromatic amines is 2. The van der Waals surface area contributed by atoms with Gasteiger partial charge in [-0.3, -0.25) is 14.6 Å². The van der Waals surface area contributed by atoms with Crippen molar-refractivity contribution in [1.82, 2.24) is 29.8 Å². The minimum atomic E-state index is -0.453. The van der Waals surface area contributed by atoms with Crippen molar-refractivity contribution in [2.45, 2.75) is 38.6 Å². The van der Waals surface area contributed by atoms with Crippen LogP contribution >= 0.6 is 0 Å². The van der Waals surface area contributed by atoms with E-state index in [1.807, 2.05) is 39.0 Å². The number of pyridine rings is 1. The molecule has 0 fully saturated rings. The van der Waals surface area contributed by atoms with Crippen molar-refractivity contribution < 1.29 is 4.79 Å². The lowest BCUT2D eigenvalue weighted by Crippen LogP contribution is -2.43. The molecule has 3 aromatic rings. The van der Waals surface area contributed by atoms with Gasteiger partial charge in [0.1, 0.15) is 17.4 Å². The van der Waals surface area contributed by atoms with E-state index in [0.29, 0.717) is 24.5 Å². The van der Waals surface area contributed by atoms with E-state index in [0.717, 1.165) is 11.4 Å². The normalized spacial score (nSPS) is 16.7. The summed E-state index contributed by atoms with van der Waals surface area (Å²) in [5, 5.41) is 0. The summed E-state index contributed by atoms with van der Waals surface area (Å²) in [4.78, 5) is 46.6. The zero-order valence-electron chi connectivity index (χ0n) is 16.1. The Labute approximate surface area is 162 Å². The summed E-state index contributed by atoms with van der Waals surface area (Å²) in [7, 11) is 0. The highest BCUT2D eigenvalue weighted by atomic mass is 16.2. The molecule has 0 spiro atoms. The molecule has 0 saturated carbocycles. The van der Waals surface area contributed by atoms with Crippen molar-refractivity contribution in [3.8, 4) is 0 Å². The van der Waals surface area contributed by atoms with Crippen LogP contribution in [0.1, 0.15) is 60.1 Å². The molecule has 1 aliphatic rings. The zero-order chi connectivity index (χ0) is 19.9. The van der Waals surface area contributed by atoms with Gasteiger partial charge in [0, 0.05) is 36.5 Å². The van der Waals surface area contributed by atoms with Gasteiger partial charge < -0.3 is 14.9 Å². The Hall–Kier alpha value is -3.29. The molecule has 3 aromatic heterocycles. The van der Waals surface area contributed by atoms with Gasteiger partial charge in [0.15, 0.2) is 0 Å². The summed E-state index contributed by atoms with van der Waals surface area (Å²) in [6.45, 7) is 6.31. The maximum atomic E-state index is 13.3. The Morgan fingerprint density at radius 2 is 2.04 bits per heavy atom. The fraction of sp³-hybridized carbons (Fsp3) is 0.350. The molecule has 4 rings (SSSR count). The molecule has 28 heavy (non-hydrogen) atoms. The van der Waals surface area contributed by atoms with Crippen LogP contribution < -0.4 is 5.56 Å². The Balaban J connectivity index is 1.75. The van der Waals surface area contributed by atoms with Gasteiger partial charge in [-0.2, -0.15) is 0 Å². The van der Waals surface area contributed by atoms with Crippen molar-refractivity contribution in [2.24, 2.45) is 0 Å². The van der Waals surface area contributed by atoms with E-state index in [1.165, 1.54) is 6.20 Å². The second kappa shape index (κ2) is 6.70. The molecular weight excluding hydrogens is 356 g/mol. The Morgan fingerprint density at radius 3 is 2.71 bits per heavy atom. The number of nitrogens with zero attached hydrogens (tertiary/aromatic N) is 4. The Kier molecular flexibility index (Phi) is 4.33. The van der Waals surface area contributed by atoms with E-state index in [1.54, 1.807) is 17.4 Å². The van der Waals surface area contributed by atoms with Gasteiger partial charge in [-0.05, 0) is 12.1 Å². The third-order valence-electron chi connectivity index (χ3n) is 4.89. The highest BCUT2D eigenvalue weighted by Gasteiger charge is 2.36. The largest absolute Gasteiger partial charge is 0.348 e. The van der Waals surface area contributed by atoms with Crippen LogP contribution in [-0.4, -0.2) is 42.3 Å². The van der Waals surface area contributed by atoms with Crippen LogP contribution in [0, 0.1) is 0 Å². The average molecular weight is 378 g/mol. The summed E-state index contributed by atoms with van der Waals surface area (Å²) in [6, 6.07) is 5.10. The lowest BCUT2D eigenvalue weighted by atomic mass is 9.95. The van der Waals surface area contributed by atoms with E-state index in [9.17, 15) is 9.59 Å². The molecule has 0 saturated heterocycles. The minimum Gasteiger partial charge on any atom is -0.348 e. The molecule has 0 radical (unpaired) electrons. The van der Waals surface area contributed by atoms with Gasteiger partial charge in [-0.25, -0.2) is 9.97 Å². The number of aromatic nitrogens is 5. The van der Waals surface area contributed by atoms with E-state index >= 15 is 0 Å². The number of fused-ring (bicyclic) bond motifs is 1. The van der Waals surface area contributed by atoms with Gasteiger partial charge in [-0.1, -0.05) is 26.8 Å². The first-order valence-corrected chi connectivity index (χ1v) is 9.20. The second-order valence-corrected chi connectivity index (χ2v) is 7.90. The van der Waals surface area contributed by atoms with Crippen LogP contribution in [0.4, 0.5) is 0 Å². The fourth-order valence-electron chi connectivity index (χ4n) is 3.42. The molecule has 1 aliphatic heterocycles. The highest BCUT2D eigenvalue weighted by Crippen LogP contribution is 2.33. The average Bonchev–Trinajstić information content (AvgIpc) is 3.15. The summed E-state index contributed by atoms with van der Waals surface area (Å²) in [5.74, 6) is 0.169. The first-order valence-electron chi connectivity index (χ1n) is 9.20. The minimum absolute atomic E-state index is 0.0212. The SMILES string of the molecule is CC(C)(C)c1ncc(C(=O)N2CCc3[nH]cnc3C2c2ccccn2)c(=O)[nH]1. The first kappa shape index (κ1) is 18.1. The molecular formula is C20H22N6O2. The Bertz CT molecular complexity index is 1060. The van der Waals surface area contributed by atoms with Gasteiger partial charge >= 0.3 is 0 Å². The molecule has 8 heteroatoms. The molecule has 8 nitrogen and oxygen atoms in total. The molecule has 1 amide bonds. The molecule has 0 aliphatic carbocycles. The monoisotopic (exact) mass is 378 g/mol. The Morgan fingerprint density at radius 1 is 1.21 bits per heavy atom. The summed E-state index contributed by atoms with van der Waals surface area (Å²) >= 11 is 0. The summed E-state index contributed by atoms with van der Waals surface area (Å²) < 4.78 is 0. The number of hydrogen-bond donors (Lipinski definition) is 2. The number of H-pyrrole nitrogens is 2. The molecule has 0 bridgehead atoms. The number of rotatable bonds is 2. The van der Waals surface area contributed by atoms with Crippen molar-refractivity contribution in [3.05, 3.63) is 75.7 Å². The number of amides is 1. The number of hydrogen-bond acceptors (Lipinski definition) is 5. The highest BCUT2D eigenvalue weighted by molar-refractivity contribution is 5.94. The van der Waals surface area contributed by atoms with E-state index in [-0.39, 0.29) is 16.9 Å². The smallest absolute Gasteiger partial charge is 0.263 e. The molecule has 144 valence electrons. The molecule has 4 heterocycles. The molecule has 2 N–H and O–H groups in total. The van der Waals surface area contributed by atoms with Crippen LogP contribution in [0.3, 0.4) is 0 Å². The van der Waals surface area contributed by atoms with Crippen LogP contribution in [0.15, 0.2) is 41.7 Å². The van der Waals surface area contributed by atoms with Crippen molar-refractivity contribution in [1.29, 1.82) is 0 Å². The standard InChI is InChI=1S/C20H22N6O2/c1-20(2,3)19-22-10-12(17(27)25-19)18(28)26-9-7-13-15(24-11-23-13)16(26)14-6-4-5-8-21-14/h4-6,8,10-11,16H,7,9H2,1-3H3,(H,23,24)(H,22,25,27). The predicted molar refractivity (Wildman–Crippen MR) is 103 cm³/mol. The van der Waals surface area contributed by atoms with Gasteiger partial charge in [0.25, 0.3) is 11.5 Å². The van der Waals surface area contributed by atoms with Gasteiger partial charge in [0.2, 0.25) is 0 Å². The van der Waals surface area contributed by atoms with Crippen LogP contribution in [0.2, 0.25) is 0 Å². The maximum absolute atomic E-state index is 13.3. The van der Waals surface area contributed by atoms with E-state index in [2.05, 4.69) is 24.9 Å². The maximum Gasteiger partial charge on any atom is 0.263 e. The van der Waals surface area contributed by atoms with E-state index in [4.69, 9.17) is 0 Å². The van der Waals surface area contributed by atoms with E-state index < -0.39 is 11.6 Å². The fourth-order valence-corrected chi connectivity index (χ4v) is 3.42. The topological polar surface area (TPSA) is 108 Å². The van der Waals surface area contributed by atoms with Crippen molar-refractivity contribution in [3.63, 3.8) is 0 Å². The van der Waals surface area contributed by atoms with Crippen molar-refractivity contribution >= 4 is 5.91 Å². The lowest BCUT2D eigenvalue weighted by Gasteiger charge is -2.34. The second-order valence-electron chi connectivity index (χ2n) is 7.90. The predicted octanol–water partition coefficient (Wildman–Crippen LogP) is 1.97. The zero-order valence-corrected chi connectivity index (χ0v) is 16.1. The summed E-state index contributed by atoms with van der Waals surface area (Å²) in [5.41, 5.74) is 1.72.